The number of hydrogen-bond acceptors (Lipinski definition) is 2. The Morgan fingerprint density at radius 2 is 2.40 bits per heavy atom. The molecule has 1 aliphatic carbocycles. The summed E-state index contributed by atoms with van der Waals surface area (Å²) in [6.07, 6.45) is 4.56. The molecule has 0 atom stereocenters. The van der Waals surface area contributed by atoms with Crippen molar-refractivity contribution >= 4 is 0 Å². The molecule has 54 valence electrons. The van der Waals surface area contributed by atoms with Gasteiger partial charge in [-0.3, -0.25) is 0 Å². The van der Waals surface area contributed by atoms with E-state index in [4.69, 9.17) is 4.52 Å². The van der Waals surface area contributed by atoms with E-state index in [1.54, 1.807) is 0 Å². The minimum atomic E-state index is 0.988. The summed E-state index contributed by atoms with van der Waals surface area (Å²) in [5.74, 6) is 1.10. The standard InChI is InChI=1S/C8H11NO/c1-2-8-6-4-3-5-7(6)9-10-8/h2-5H2,1H3. The summed E-state index contributed by atoms with van der Waals surface area (Å²) in [5.41, 5.74) is 2.60. The van der Waals surface area contributed by atoms with Gasteiger partial charge in [0.15, 0.2) is 0 Å². The molecular formula is C8H11NO. The molecule has 0 radical (unpaired) electrons. The summed E-state index contributed by atoms with van der Waals surface area (Å²) in [4.78, 5) is 0. The fourth-order valence-electron chi connectivity index (χ4n) is 1.57. The quantitative estimate of drug-likeness (QED) is 0.589. The highest BCUT2D eigenvalue weighted by Gasteiger charge is 2.18. The van der Waals surface area contributed by atoms with Crippen LogP contribution in [0.2, 0.25) is 0 Å². The molecule has 0 amide bonds. The second-order valence-corrected chi connectivity index (χ2v) is 2.74. The van der Waals surface area contributed by atoms with Gasteiger partial charge in [-0.15, -0.1) is 0 Å². The van der Waals surface area contributed by atoms with Crippen molar-refractivity contribution in [3.63, 3.8) is 0 Å². The summed E-state index contributed by atoms with van der Waals surface area (Å²) < 4.78 is 5.14. The van der Waals surface area contributed by atoms with Gasteiger partial charge in [-0.2, -0.15) is 0 Å². The van der Waals surface area contributed by atoms with Crippen LogP contribution in [0.25, 0.3) is 0 Å². The van der Waals surface area contributed by atoms with Crippen LogP contribution in [0.15, 0.2) is 4.52 Å². The molecule has 1 aliphatic rings. The van der Waals surface area contributed by atoms with E-state index in [2.05, 4.69) is 12.1 Å². The third-order valence-corrected chi connectivity index (χ3v) is 2.11. The minimum Gasteiger partial charge on any atom is -0.361 e. The number of fused-ring (bicyclic) bond motifs is 1. The fourth-order valence-corrected chi connectivity index (χ4v) is 1.57. The summed E-state index contributed by atoms with van der Waals surface area (Å²) >= 11 is 0. The van der Waals surface area contributed by atoms with Crippen molar-refractivity contribution in [3.05, 3.63) is 17.0 Å². The zero-order valence-electron chi connectivity index (χ0n) is 6.18. The molecule has 0 fully saturated rings. The highest BCUT2D eigenvalue weighted by molar-refractivity contribution is 5.27. The van der Waals surface area contributed by atoms with E-state index in [1.165, 1.54) is 24.1 Å². The first-order valence-electron chi connectivity index (χ1n) is 3.88. The van der Waals surface area contributed by atoms with E-state index in [9.17, 15) is 0 Å². The van der Waals surface area contributed by atoms with Gasteiger partial charge in [0.2, 0.25) is 0 Å². The number of hydrogen-bond donors (Lipinski definition) is 0. The highest BCUT2D eigenvalue weighted by atomic mass is 16.5. The molecule has 1 aromatic heterocycles. The molecule has 10 heavy (non-hydrogen) atoms. The van der Waals surface area contributed by atoms with E-state index in [1.807, 2.05) is 0 Å². The van der Waals surface area contributed by atoms with Crippen LogP contribution >= 0.6 is 0 Å². The van der Waals surface area contributed by atoms with E-state index in [-0.39, 0.29) is 0 Å². The molecule has 2 nitrogen and oxygen atoms in total. The maximum atomic E-state index is 5.14. The Labute approximate surface area is 60.2 Å². The van der Waals surface area contributed by atoms with Gasteiger partial charge >= 0.3 is 0 Å². The molecule has 0 aliphatic heterocycles. The molecule has 0 spiro atoms. The van der Waals surface area contributed by atoms with Crippen molar-refractivity contribution in [2.45, 2.75) is 32.6 Å². The average molecular weight is 137 g/mol. The maximum Gasteiger partial charge on any atom is 0.139 e. The molecule has 0 saturated carbocycles. The Hall–Kier alpha value is -0.790. The molecule has 0 aromatic carbocycles. The van der Waals surface area contributed by atoms with Crippen LogP contribution in [0.1, 0.15) is 30.4 Å². The van der Waals surface area contributed by atoms with Gasteiger partial charge in [-0.1, -0.05) is 12.1 Å². The van der Waals surface area contributed by atoms with Crippen molar-refractivity contribution in [3.8, 4) is 0 Å². The lowest BCUT2D eigenvalue weighted by atomic mass is 10.2. The smallest absolute Gasteiger partial charge is 0.139 e. The third kappa shape index (κ3) is 0.681. The van der Waals surface area contributed by atoms with Crippen LogP contribution in [0.3, 0.4) is 0 Å². The fraction of sp³-hybridized carbons (Fsp3) is 0.625. The summed E-state index contributed by atoms with van der Waals surface area (Å²) in [5, 5.41) is 3.99. The van der Waals surface area contributed by atoms with Crippen molar-refractivity contribution in [1.29, 1.82) is 0 Å². The van der Waals surface area contributed by atoms with Crippen molar-refractivity contribution in [2.24, 2.45) is 0 Å². The van der Waals surface area contributed by atoms with Crippen LogP contribution in [0, 0.1) is 0 Å². The Bertz CT molecular complexity index is 239. The summed E-state index contributed by atoms with van der Waals surface area (Å²) in [6.45, 7) is 2.11. The van der Waals surface area contributed by atoms with Crippen molar-refractivity contribution in [2.75, 3.05) is 0 Å². The third-order valence-electron chi connectivity index (χ3n) is 2.11. The number of aryl methyl sites for hydroxylation is 2. The molecule has 0 saturated heterocycles. The van der Waals surface area contributed by atoms with Gasteiger partial charge < -0.3 is 4.52 Å². The SMILES string of the molecule is CCc1onc2c1CCC2. The molecule has 1 aromatic rings. The molecule has 0 unspecified atom stereocenters. The van der Waals surface area contributed by atoms with E-state index in [0.717, 1.165) is 18.6 Å². The van der Waals surface area contributed by atoms with E-state index in [0.29, 0.717) is 0 Å². The average Bonchev–Trinajstić information content (AvgIpc) is 2.44. The summed E-state index contributed by atoms with van der Waals surface area (Å²) in [7, 11) is 0. The minimum absolute atomic E-state index is 0.988. The van der Waals surface area contributed by atoms with Gasteiger partial charge in [0.1, 0.15) is 5.76 Å². The largest absolute Gasteiger partial charge is 0.361 e. The van der Waals surface area contributed by atoms with E-state index < -0.39 is 0 Å². The monoisotopic (exact) mass is 137 g/mol. The van der Waals surface area contributed by atoms with Crippen LogP contribution in [-0.2, 0) is 19.3 Å². The molecule has 1 heterocycles. The maximum absolute atomic E-state index is 5.14. The lowest BCUT2D eigenvalue weighted by molar-refractivity contribution is 0.376. The zero-order valence-corrected chi connectivity index (χ0v) is 6.18. The van der Waals surface area contributed by atoms with Crippen LogP contribution in [-0.4, -0.2) is 5.16 Å². The van der Waals surface area contributed by atoms with Crippen LogP contribution in [0.4, 0.5) is 0 Å². The van der Waals surface area contributed by atoms with Gasteiger partial charge in [-0.25, -0.2) is 0 Å². The van der Waals surface area contributed by atoms with Gasteiger partial charge in [-0.05, 0) is 19.3 Å². The Morgan fingerprint density at radius 1 is 1.50 bits per heavy atom. The van der Waals surface area contributed by atoms with Crippen molar-refractivity contribution in [1.82, 2.24) is 5.16 Å². The van der Waals surface area contributed by atoms with E-state index >= 15 is 0 Å². The van der Waals surface area contributed by atoms with Gasteiger partial charge in [0.05, 0.1) is 5.69 Å². The normalized spacial score (nSPS) is 15.7. The molecule has 2 heteroatoms. The zero-order chi connectivity index (χ0) is 6.97. The van der Waals surface area contributed by atoms with Gasteiger partial charge in [0.25, 0.3) is 0 Å². The first-order valence-corrected chi connectivity index (χ1v) is 3.88. The number of nitrogens with zero attached hydrogens (tertiary/aromatic N) is 1. The lowest BCUT2D eigenvalue weighted by Crippen LogP contribution is -1.82. The Kier molecular flexibility index (Phi) is 1.26. The molecule has 2 rings (SSSR count). The highest BCUT2D eigenvalue weighted by Crippen LogP contribution is 2.24. The number of rotatable bonds is 1. The Balaban J connectivity index is 2.44. The predicted octanol–water partition coefficient (Wildman–Crippen LogP) is 1.73. The second kappa shape index (κ2) is 2.11. The first kappa shape index (κ1) is 5.96. The lowest BCUT2D eigenvalue weighted by Gasteiger charge is -1.88. The second-order valence-electron chi connectivity index (χ2n) is 2.74. The summed E-state index contributed by atoms with van der Waals surface area (Å²) in [6, 6.07) is 0. The Morgan fingerprint density at radius 3 is 3.20 bits per heavy atom. The van der Waals surface area contributed by atoms with Crippen LogP contribution < -0.4 is 0 Å². The number of aromatic nitrogens is 1. The molecule has 0 bridgehead atoms. The van der Waals surface area contributed by atoms with Crippen LogP contribution in [0.5, 0.6) is 0 Å². The van der Waals surface area contributed by atoms with Gasteiger partial charge in [0, 0.05) is 12.0 Å². The molecular weight excluding hydrogens is 126 g/mol. The predicted molar refractivity (Wildman–Crippen MR) is 37.9 cm³/mol. The van der Waals surface area contributed by atoms with Crippen molar-refractivity contribution < 1.29 is 4.52 Å². The topological polar surface area (TPSA) is 26.0 Å². The first-order chi connectivity index (χ1) is 4.92. The molecule has 0 N–H and O–H groups in total.